The van der Waals surface area contributed by atoms with E-state index in [0.717, 1.165) is 27.8 Å². The maximum absolute atomic E-state index is 4.66. The molecule has 0 bridgehead atoms. The van der Waals surface area contributed by atoms with Crippen molar-refractivity contribution in [2.75, 3.05) is 5.32 Å². The van der Waals surface area contributed by atoms with Crippen molar-refractivity contribution in [1.82, 2.24) is 29.5 Å². The third-order valence-electron chi connectivity index (χ3n) is 4.96. The topological polar surface area (TPSA) is 83.8 Å². The van der Waals surface area contributed by atoms with Gasteiger partial charge in [-0.25, -0.2) is 14.5 Å². The molecule has 0 aromatic carbocycles. The summed E-state index contributed by atoms with van der Waals surface area (Å²) in [6, 6.07) is 4.50. The Morgan fingerprint density at radius 3 is 2.96 bits per heavy atom. The lowest BCUT2D eigenvalue weighted by Crippen LogP contribution is -2.23. The van der Waals surface area contributed by atoms with Gasteiger partial charge >= 0.3 is 0 Å². The van der Waals surface area contributed by atoms with E-state index in [4.69, 9.17) is 0 Å². The first-order valence-electron chi connectivity index (χ1n) is 8.77. The van der Waals surface area contributed by atoms with Gasteiger partial charge in [-0.15, -0.1) is 0 Å². The van der Waals surface area contributed by atoms with Crippen LogP contribution in [0.15, 0.2) is 37.1 Å². The number of hydrogen-bond donors (Lipinski definition) is 2. The summed E-state index contributed by atoms with van der Waals surface area (Å²) in [6.07, 6.45) is 13.7. The van der Waals surface area contributed by atoms with Crippen LogP contribution in [-0.4, -0.2) is 35.6 Å². The van der Waals surface area contributed by atoms with Gasteiger partial charge in [-0.2, -0.15) is 10.1 Å². The van der Waals surface area contributed by atoms with E-state index in [0.29, 0.717) is 12.0 Å². The minimum atomic E-state index is 0.496. The van der Waals surface area contributed by atoms with E-state index >= 15 is 0 Å². The fourth-order valence-corrected chi connectivity index (χ4v) is 3.62. The van der Waals surface area contributed by atoms with Gasteiger partial charge in [0.25, 0.3) is 0 Å². The van der Waals surface area contributed by atoms with Gasteiger partial charge in [-0.05, 0) is 25.0 Å². The van der Waals surface area contributed by atoms with Gasteiger partial charge in [0, 0.05) is 41.1 Å². The quantitative estimate of drug-likeness (QED) is 0.600. The molecule has 0 unspecified atom stereocenters. The predicted octanol–water partition coefficient (Wildman–Crippen LogP) is 3.41. The normalized spacial score (nSPS) is 15.8. The first-order chi connectivity index (χ1) is 12.4. The highest BCUT2D eigenvalue weighted by molar-refractivity contribution is 5.93. The summed E-state index contributed by atoms with van der Waals surface area (Å²) in [5, 5.41) is 8.69. The Hall–Kier alpha value is -2.96. The monoisotopic (exact) mass is 333 g/mol. The summed E-state index contributed by atoms with van der Waals surface area (Å²) in [5.41, 5.74) is 3.80. The van der Waals surface area contributed by atoms with Crippen LogP contribution in [0, 0.1) is 0 Å². The third-order valence-corrected chi connectivity index (χ3v) is 4.96. The molecule has 1 saturated carbocycles. The van der Waals surface area contributed by atoms with Crippen LogP contribution in [0.2, 0.25) is 0 Å². The Labute approximate surface area is 144 Å². The van der Waals surface area contributed by atoms with Crippen molar-refractivity contribution in [2.24, 2.45) is 0 Å². The number of H-pyrrole nitrogens is 1. The van der Waals surface area contributed by atoms with Crippen molar-refractivity contribution in [2.45, 2.75) is 38.1 Å². The highest BCUT2D eigenvalue weighted by Gasteiger charge is 2.15. The number of pyridine rings is 1. The minimum Gasteiger partial charge on any atom is -0.351 e. The van der Waals surface area contributed by atoms with Crippen LogP contribution in [0.4, 0.5) is 5.95 Å². The maximum atomic E-state index is 4.66. The first kappa shape index (κ1) is 14.4. The van der Waals surface area contributed by atoms with Crippen LogP contribution < -0.4 is 5.32 Å². The zero-order valence-electron chi connectivity index (χ0n) is 13.8. The van der Waals surface area contributed by atoms with Crippen LogP contribution in [-0.2, 0) is 0 Å². The third kappa shape index (κ3) is 2.61. The van der Waals surface area contributed by atoms with E-state index in [2.05, 4.69) is 30.4 Å². The number of fused-ring (bicyclic) bond motifs is 2. The second-order valence-electron chi connectivity index (χ2n) is 6.62. The fraction of sp³-hybridized carbons (Fsp3) is 0.333. The molecule has 7 heteroatoms. The van der Waals surface area contributed by atoms with Gasteiger partial charge < -0.3 is 10.3 Å². The van der Waals surface area contributed by atoms with Crippen molar-refractivity contribution in [3.8, 4) is 11.1 Å². The predicted molar refractivity (Wildman–Crippen MR) is 96.4 cm³/mol. The van der Waals surface area contributed by atoms with Gasteiger partial charge in [0.1, 0.15) is 12.0 Å². The standard InChI is InChI=1S/C18H19N7/c1-2-4-13(5-3-1)23-18-20-9-15-14(8-19-17(15)24-18)12-6-7-16-21-11-22-25(16)10-12/h6-11,13H,1-5H2,(H2,19,20,23,24). The van der Waals surface area contributed by atoms with E-state index in [1.165, 1.54) is 32.1 Å². The van der Waals surface area contributed by atoms with Crippen molar-refractivity contribution in [3.63, 3.8) is 0 Å². The molecule has 0 saturated heterocycles. The van der Waals surface area contributed by atoms with Crippen molar-refractivity contribution >= 4 is 22.6 Å². The number of aromatic nitrogens is 6. The Balaban J connectivity index is 1.48. The lowest BCUT2D eigenvalue weighted by Gasteiger charge is -2.22. The second-order valence-corrected chi connectivity index (χ2v) is 6.62. The van der Waals surface area contributed by atoms with Crippen LogP contribution >= 0.6 is 0 Å². The number of nitrogens with zero attached hydrogens (tertiary/aromatic N) is 5. The average Bonchev–Trinajstić information content (AvgIpc) is 3.28. The van der Waals surface area contributed by atoms with Gasteiger partial charge in [0.15, 0.2) is 5.65 Å². The SMILES string of the molecule is c1nc2ccc(-c3c[nH]c4nc(NC5CCCCC5)ncc34)cn2n1. The average molecular weight is 333 g/mol. The molecule has 0 spiro atoms. The van der Waals surface area contributed by atoms with Crippen molar-refractivity contribution < 1.29 is 0 Å². The fourth-order valence-electron chi connectivity index (χ4n) is 3.62. The molecule has 2 N–H and O–H groups in total. The first-order valence-corrected chi connectivity index (χ1v) is 8.77. The number of hydrogen-bond acceptors (Lipinski definition) is 5. The van der Waals surface area contributed by atoms with Gasteiger partial charge in [-0.3, -0.25) is 0 Å². The Kier molecular flexibility index (Phi) is 3.36. The van der Waals surface area contributed by atoms with E-state index in [-0.39, 0.29) is 0 Å². The summed E-state index contributed by atoms with van der Waals surface area (Å²) in [7, 11) is 0. The van der Waals surface area contributed by atoms with Gasteiger partial charge in [0.05, 0.1) is 0 Å². The molecule has 0 radical (unpaired) electrons. The van der Waals surface area contributed by atoms with Gasteiger partial charge in [-0.1, -0.05) is 19.3 Å². The summed E-state index contributed by atoms with van der Waals surface area (Å²) < 4.78 is 1.77. The van der Waals surface area contributed by atoms with Crippen molar-refractivity contribution in [1.29, 1.82) is 0 Å². The lowest BCUT2D eigenvalue weighted by atomic mass is 9.96. The molecule has 4 aromatic heterocycles. The van der Waals surface area contributed by atoms with E-state index in [1.54, 1.807) is 10.8 Å². The largest absolute Gasteiger partial charge is 0.351 e. The van der Waals surface area contributed by atoms with Crippen LogP contribution in [0.3, 0.4) is 0 Å². The molecular weight excluding hydrogens is 314 g/mol. The van der Waals surface area contributed by atoms with Crippen LogP contribution in [0.1, 0.15) is 32.1 Å². The number of aromatic amines is 1. The summed E-state index contributed by atoms with van der Waals surface area (Å²) >= 11 is 0. The Morgan fingerprint density at radius 1 is 1.12 bits per heavy atom. The molecule has 25 heavy (non-hydrogen) atoms. The molecule has 7 nitrogen and oxygen atoms in total. The summed E-state index contributed by atoms with van der Waals surface area (Å²) in [5.74, 6) is 0.708. The zero-order chi connectivity index (χ0) is 16.6. The molecule has 4 aromatic rings. The highest BCUT2D eigenvalue weighted by atomic mass is 15.3. The van der Waals surface area contributed by atoms with Crippen LogP contribution in [0.5, 0.6) is 0 Å². The van der Waals surface area contributed by atoms with E-state index in [1.807, 2.05) is 30.7 Å². The molecule has 1 fully saturated rings. The molecular formula is C18H19N7. The van der Waals surface area contributed by atoms with Crippen LogP contribution in [0.25, 0.3) is 27.8 Å². The smallest absolute Gasteiger partial charge is 0.224 e. The molecule has 4 heterocycles. The Bertz CT molecular complexity index is 1030. The molecule has 0 amide bonds. The summed E-state index contributed by atoms with van der Waals surface area (Å²) in [6.45, 7) is 0. The van der Waals surface area contributed by atoms with Crippen molar-refractivity contribution in [3.05, 3.63) is 37.1 Å². The Morgan fingerprint density at radius 2 is 2.04 bits per heavy atom. The lowest BCUT2D eigenvalue weighted by molar-refractivity contribution is 0.461. The minimum absolute atomic E-state index is 0.496. The van der Waals surface area contributed by atoms with Gasteiger partial charge in [0.2, 0.25) is 5.95 Å². The highest BCUT2D eigenvalue weighted by Crippen LogP contribution is 2.28. The number of nitrogens with one attached hydrogen (secondary N) is 2. The molecule has 126 valence electrons. The molecule has 1 aliphatic rings. The van der Waals surface area contributed by atoms with E-state index < -0.39 is 0 Å². The number of anilines is 1. The number of rotatable bonds is 3. The zero-order valence-corrected chi connectivity index (χ0v) is 13.8. The molecule has 1 aliphatic carbocycles. The molecule has 5 rings (SSSR count). The molecule has 0 atom stereocenters. The second kappa shape index (κ2) is 5.84. The maximum Gasteiger partial charge on any atom is 0.224 e. The molecule has 0 aliphatic heterocycles. The summed E-state index contributed by atoms with van der Waals surface area (Å²) in [4.78, 5) is 16.6. The van der Waals surface area contributed by atoms with E-state index in [9.17, 15) is 0 Å².